The third kappa shape index (κ3) is 10.7. The smallest absolute Gasteiger partial charge is 0.0816 e. The Morgan fingerprint density at radius 3 is 2.30 bits per heavy atom. The molecule has 3 heteroatoms. The summed E-state index contributed by atoms with van der Waals surface area (Å²) in [5.74, 6) is 0. The summed E-state index contributed by atoms with van der Waals surface area (Å²) in [5.41, 5.74) is 0.113. The molecule has 0 aromatic heterocycles. The first-order chi connectivity index (χ1) is 11.2. The minimum absolute atomic E-state index is 0.113. The third-order valence-corrected chi connectivity index (χ3v) is 5.46. The zero-order valence-electron chi connectivity index (χ0n) is 15.8. The molecule has 0 aromatic carbocycles. The molecule has 1 saturated heterocycles. The van der Waals surface area contributed by atoms with Crippen LogP contribution in [0.4, 0.5) is 0 Å². The first kappa shape index (κ1) is 21.4. The van der Waals surface area contributed by atoms with Gasteiger partial charge in [-0.3, -0.25) is 0 Å². The number of unbranched alkanes of at least 4 members (excludes halogenated alkanes) is 8. The van der Waals surface area contributed by atoms with Crippen LogP contribution in [0.2, 0.25) is 0 Å². The molecule has 1 aliphatic heterocycles. The zero-order chi connectivity index (χ0) is 16.8. The Labute approximate surface area is 147 Å². The van der Waals surface area contributed by atoms with Crippen LogP contribution in [0.5, 0.6) is 0 Å². The van der Waals surface area contributed by atoms with Crippen LogP contribution in [-0.4, -0.2) is 31.1 Å². The van der Waals surface area contributed by atoms with E-state index in [0.29, 0.717) is 6.10 Å². The zero-order valence-corrected chi connectivity index (χ0v) is 16.9. The van der Waals surface area contributed by atoms with E-state index in [9.17, 15) is 0 Å². The summed E-state index contributed by atoms with van der Waals surface area (Å²) in [6.07, 6.45) is 18.7. The van der Waals surface area contributed by atoms with E-state index in [4.69, 9.17) is 9.47 Å². The van der Waals surface area contributed by atoms with Crippen LogP contribution in [0.1, 0.15) is 97.3 Å². The van der Waals surface area contributed by atoms with Crippen molar-refractivity contribution in [2.75, 3.05) is 19.4 Å². The highest BCUT2D eigenvalue weighted by molar-refractivity contribution is 7.16. The maximum atomic E-state index is 6.21. The maximum Gasteiger partial charge on any atom is 0.0816 e. The molecule has 3 atom stereocenters. The van der Waals surface area contributed by atoms with Crippen molar-refractivity contribution in [3.63, 3.8) is 0 Å². The van der Waals surface area contributed by atoms with Gasteiger partial charge in [0.2, 0.25) is 0 Å². The van der Waals surface area contributed by atoms with E-state index < -0.39 is 0 Å². The maximum absolute atomic E-state index is 6.21. The van der Waals surface area contributed by atoms with Crippen molar-refractivity contribution in [1.29, 1.82) is 0 Å². The van der Waals surface area contributed by atoms with E-state index >= 15 is 0 Å². The van der Waals surface area contributed by atoms with Crippen LogP contribution in [-0.2, 0) is 9.47 Å². The van der Waals surface area contributed by atoms with Crippen LogP contribution >= 0.6 is 9.24 Å². The van der Waals surface area contributed by atoms with Crippen molar-refractivity contribution in [1.82, 2.24) is 0 Å². The molecule has 0 aliphatic carbocycles. The van der Waals surface area contributed by atoms with Gasteiger partial charge in [-0.25, -0.2) is 0 Å². The van der Waals surface area contributed by atoms with Crippen LogP contribution < -0.4 is 0 Å². The summed E-state index contributed by atoms with van der Waals surface area (Å²) in [6, 6.07) is 0. The van der Waals surface area contributed by atoms with Gasteiger partial charge in [0, 0.05) is 6.61 Å². The number of hydrogen-bond acceptors (Lipinski definition) is 2. The molecule has 1 fully saturated rings. The van der Waals surface area contributed by atoms with Crippen molar-refractivity contribution in [2.45, 2.75) is 109 Å². The Bertz CT molecular complexity index is 272. The minimum Gasteiger partial charge on any atom is -0.379 e. The average molecular weight is 345 g/mol. The van der Waals surface area contributed by atoms with Gasteiger partial charge in [-0.05, 0) is 45.2 Å². The summed E-state index contributed by atoms with van der Waals surface area (Å²) in [4.78, 5) is 0. The second-order valence-corrected chi connectivity index (χ2v) is 8.10. The van der Waals surface area contributed by atoms with Crippen LogP contribution in [0.25, 0.3) is 0 Å². The highest BCUT2D eigenvalue weighted by Crippen LogP contribution is 2.34. The Morgan fingerprint density at radius 2 is 1.65 bits per heavy atom. The molecule has 1 rings (SSSR count). The molecule has 138 valence electrons. The normalized spacial score (nSPS) is 24.4. The second kappa shape index (κ2) is 13.6. The quantitative estimate of drug-likeness (QED) is 0.263. The first-order valence-corrected chi connectivity index (χ1v) is 11.0. The molecule has 2 nitrogen and oxygen atoms in total. The minimum atomic E-state index is 0.113. The molecule has 3 unspecified atom stereocenters. The Morgan fingerprint density at radius 1 is 1.00 bits per heavy atom. The summed E-state index contributed by atoms with van der Waals surface area (Å²) < 4.78 is 12.1. The van der Waals surface area contributed by atoms with Crippen molar-refractivity contribution in [2.24, 2.45) is 0 Å². The second-order valence-electron chi connectivity index (χ2n) is 7.52. The van der Waals surface area contributed by atoms with E-state index in [2.05, 4.69) is 23.1 Å². The molecule has 0 aromatic rings. The van der Waals surface area contributed by atoms with E-state index in [1.807, 2.05) is 0 Å². The monoisotopic (exact) mass is 344 g/mol. The highest BCUT2D eigenvalue weighted by Gasteiger charge is 2.35. The van der Waals surface area contributed by atoms with Gasteiger partial charge in [0.15, 0.2) is 0 Å². The van der Waals surface area contributed by atoms with E-state index in [0.717, 1.165) is 13.2 Å². The number of ether oxygens (including phenoxy) is 2. The van der Waals surface area contributed by atoms with E-state index in [1.165, 1.54) is 89.6 Å². The Balaban J connectivity index is 1.86. The van der Waals surface area contributed by atoms with Gasteiger partial charge in [0.05, 0.1) is 18.3 Å². The summed E-state index contributed by atoms with van der Waals surface area (Å²) in [5, 5.41) is 0. The highest BCUT2D eigenvalue weighted by atomic mass is 31.0. The molecule has 23 heavy (non-hydrogen) atoms. The summed E-state index contributed by atoms with van der Waals surface area (Å²) in [7, 11) is 2.81. The van der Waals surface area contributed by atoms with Crippen LogP contribution in [0, 0.1) is 0 Å². The molecule has 1 heterocycles. The van der Waals surface area contributed by atoms with E-state index in [-0.39, 0.29) is 5.60 Å². The van der Waals surface area contributed by atoms with Gasteiger partial charge < -0.3 is 9.47 Å². The topological polar surface area (TPSA) is 18.5 Å². The van der Waals surface area contributed by atoms with Crippen LogP contribution in [0.3, 0.4) is 0 Å². The van der Waals surface area contributed by atoms with Gasteiger partial charge >= 0.3 is 0 Å². The third-order valence-electron chi connectivity index (χ3n) is 5.05. The largest absolute Gasteiger partial charge is 0.379 e. The average Bonchev–Trinajstić information content (AvgIpc) is 2.92. The molecule has 1 aliphatic rings. The lowest BCUT2D eigenvalue weighted by Gasteiger charge is -2.24. The predicted octanol–water partition coefficient (Wildman–Crippen LogP) is 6.13. The molecule has 0 spiro atoms. The summed E-state index contributed by atoms with van der Waals surface area (Å²) in [6.45, 7) is 6.26. The summed E-state index contributed by atoms with van der Waals surface area (Å²) >= 11 is 0. The van der Waals surface area contributed by atoms with Gasteiger partial charge in [0.1, 0.15) is 0 Å². The fraction of sp³-hybridized carbons (Fsp3) is 1.00. The fourth-order valence-electron chi connectivity index (χ4n) is 3.49. The van der Waals surface area contributed by atoms with Crippen molar-refractivity contribution < 1.29 is 9.47 Å². The lowest BCUT2D eigenvalue weighted by molar-refractivity contribution is -0.0663. The van der Waals surface area contributed by atoms with Gasteiger partial charge in [-0.15, -0.1) is 9.24 Å². The molecule has 0 bridgehead atoms. The molecular formula is C20H41O2P. The number of rotatable bonds is 15. The fourth-order valence-corrected chi connectivity index (χ4v) is 3.70. The Hall–Kier alpha value is 0.350. The van der Waals surface area contributed by atoms with E-state index in [1.54, 1.807) is 0 Å². The van der Waals surface area contributed by atoms with Gasteiger partial charge in [-0.1, -0.05) is 58.3 Å². The molecule has 0 N–H and O–H groups in total. The first-order valence-electron chi connectivity index (χ1n) is 10.2. The number of hydrogen-bond donors (Lipinski definition) is 0. The standard InChI is InChI=1S/C20H41O2P/c1-3-4-5-6-7-8-9-10-11-16-21-18-19-13-15-20(2,22-19)14-12-17-23/h19H,3-18,23H2,1-2H3. The van der Waals surface area contributed by atoms with Crippen molar-refractivity contribution in [3.8, 4) is 0 Å². The Kier molecular flexibility index (Phi) is 12.7. The molecule has 0 radical (unpaired) electrons. The van der Waals surface area contributed by atoms with Crippen molar-refractivity contribution >= 4 is 9.24 Å². The van der Waals surface area contributed by atoms with Crippen LogP contribution in [0.15, 0.2) is 0 Å². The molecular weight excluding hydrogens is 303 g/mol. The van der Waals surface area contributed by atoms with Gasteiger partial charge in [0.25, 0.3) is 0 Å². The lowest BCUT2D eigenvalue weighted by atomic mass is 9.97. The lowest BCUT2D eigenvalue weighted by Crippen LogP contribution is -2.26. The van der Waals surface area contributed by atoms with Gasteiger partial charge in [-0.2, -0.15) is 0 Å². The molecule has 0 amide bonds. The SMILES string of the molecule is CCCCCCCCCCCOCC1CCC(C)(CCCP)O1. The predicted molar refractivity (Wildman–Crippen MR) is 104 cm³/mol. The van der Waals surface area contributed by atoms with Crippen molar-refractivity contribution in [3.05, 3.63) is 0 Å². The molecule has 0 saturated carbocycles.